The first-order chi connectivity index (χ1) is 8.92. The van der Waals surface area contributed by atoms with Crippen molar-refractivity contribution >= 4 is 10.0 Å². The summed E-state index contributed by atoms with van der Waals surface area (Å²) in [4.78, 5) is 4.13. The second-order valence-electron chi connectivity index (χ2n) is 5.35. The second kappa shape index (κ2) is 5.22. The molecule has 0 atom stereocenters. The standard InChI is InChI=1S/C12H22N4O2S/c1-3-6-16-7-11(15-10(16)2)19(17,18)14-9-12(8-13)4-5-12/h7,14H,3-6,8-9,13H2,1-2H3. The highest BCUT2D eigenvalue weighted by atomic mass is 32.2. The van der Waals surface area contributed by atoms with Crippen LogP contribution in [-0.2, 0) is 16.6 Å². The number of hydrogen-bond acceptors (Lipinski definition) is 4. The Morgan fingerprint density at radius 2 is 2.21 bits per heavy atom. The lowest BCUT2D eigenvalue weighted by Crippen LogP contribution is -2.34. The number of hydrogen-bond donors (Lipinski definition) is 2. The zero-order valence-electron chi connectivity index (χ0n) is 11.5. The minimum atomic E-state index is -3.52. The Morgan fingerprint density at radius 3 is 2.74 bits per heavy atom. The molecular weight excluding hydrogens is 264 g/mol. The summed E-state index contributed by atoms with van der Waals surface area (Å²) in [5, 5.41) is 0.103. The van der Waals surface area contributed by atoms with Crippen molar-refractivity contribution in [1.82, 2.24) is 14.3 Å². The van der Waals surface area contributed by atoms with Gasteiger partial charge >= 0.3 is 0 Å². The SMILES string of the molecule is CCCn1cc(S(=O)(=O)NCC2(CN)CC2)nc1C. The van der Waals surface area contributed by atoms with Gasteiger partial charge in [0.1, 0.15) is 5.82 Å². The second-order valence-corrected chi connectivity index (χ2v) is 7.06. The van der Waals surface area contributed by atoms with Gasteiger partial charge in [-0.3, -0.25) is 0 Å². The maximum atomic E-state index is 12.2. The van der Waals surface area contributed by atoms with E-state index in [0.717, 1.165) is 31.6 Å². The van der Waals surface area contributed by atoms with Gasteiger partial charge in [0.2, 0.25) is 0 Å². The van der Waals surface area contributed by atoms with E-state index in [9.17, 15) is 8.42 Å². The molecule has 108 valence electrons. The van der Waals surface area contributed by atoms with Crippen LogP contribution in [0.2, 0.25) is 0 Å². The van der Waals surface area contributed by atoms with E-state index in [1.807, 2.05) is 18.4 Å². The average molecular weight is 286 g/mol. The summed E-state index contributed by atoms with van der Waals surface area (Å²) >= 11 is 0. The lowest BCUT2D eigenvalue weighted by Gasteiger charge is -2.12. The van der Waals surface area contributed by atoms with Crippen LogP contribution < -0.4 is 10.5 Å². The fraction of sp³-hybridized carbons (Fsp3) is 0.750. The van der Waals surface area contributed by atoms with Crippen LogP contribution in [0.25, 0.3) is 0 Å². The number of aryl methyl sites for hydroxylation is 2. The van der Waals surface area contributed by atoms with E-state index in [2.05, 4.69) is 9.71 Å². The maximum absolute atomic E-state index is 12.2. The van der Waals surface area contributed by atoms with Gasteiger partial charge in [-0.25, -0.2) is 18.1 Å². The van der Waals surface area contributed by atoms with E-state index >= 15 is 0 Å². The number of nitrogens with zero attached hydrogens (tertiary/aromatic N) is 2. The van der Waals surface area contributed by atoms with Crippen LogP contribution in [0.3, 0.4) is 0 Å². The van der Waals surface area contributed by atoms with Crippen LogP contribution in [0.4, 0.5) is 0 Å². The highest BCUT2D eigenvalue weighted by Gasteiger charge is 2.42. The van der Waals surface area contributed by atoms with E-state index in [-0.39, 0.29) is 10.4 Å². The summed E-state index contributed by atoms with van der Waals surface area (Å²) in [6.07, 6.45) is 4.54. The monoisotopic (exact) mass is 286 g/mol. The van der Waals surface area contributed by atoms with E-state index in [1.54, 1.807) is 6.20 Å². The fourth-order valence-electron chi connectivity index (χ4n) is 2.03. The average Bonchev–Trinajstić information content (AvgIpc) is 3.07. The van der Waals surface area contributed by atoms with Gasteiger partial charge in [-0.15, -0.1) is 0 Å². The van der Waals surface area contributed by atoms with Crippen molar-refractivity contribution in [2.75, 3.05) is 13.1 Å². The summed E-state index contributed by atoms with van der Waals surface area (Å²) in [6.45, 7) is 5.58. The van der Waals surface area contributed by atoms with Crippen molar-refractivity contribution in [2.24, 2.45) is 11.1 Å². The highest BCUT2D eigenvalue weighted by molar-refractivity contribution is 7.89. The zero-order valence-corrected chi connectivity index (χ0v) is 12.3. The Labute approximate surface area is 114 Å². The summed E-state index contributed by atoms with van der Waals surface area (Å²) in [5.74, 6) is 0.724. The van der Waals surface area contributed by atoms with Gasteiger partial charge in [-0.2, -0.15) is 0 Å². The van der Waals surface area contributed by atoms with Crippen LogP contribution in [0.15, 0.2) is 11.2 Å². The van der Waals surface area contributed by atoms with E-state index in [4.69, 9.17) is 5.73 Å². The molecule has 0 spiro atoms. The first kappa shape index (κ1) is 14.5. The Balaban J connectivity index is 2.08. The van der Waals surface area contributed by atoms with Gasteiger partial charge in [0.15, 0.2) is 5.03 Å². The predicted molar refractivity (Wildman–Crippen MR) is 73.2 cm³/mol. The molecule has 0 bridgehead atoms. The smallest absolute Gasteiger partial charge is 0.259 e. The van der Waals surface area contributed by atoms with Gasteiger partial charge in [0.05, 0.1) is 0 Å². The fourth-order valence-corrected chi connectivity index (χ4v) is 3.19. The molecule has 0 aromatic carbocycles. The molecule has 1 aliphatic rings. The van der Waals surface area contributed by atoms with Crippen LogP contribution in [0.5, 0.6) is 0 Å². The molecule has 0 saturated heterocycles. The Hall–Kier alpha value is -0.920. The number of imidazole rings is 1. The summed E-state index contributed by atoms with van der Waals surface area (Å²) in [7, 11) is -3.52. The van der Waals surface area contributed by atoms with Crippen LogP contribution in [-0.4, -0.2) is 31.1 Å². The maximum Gasteiger partial charge on any atom is 0.259 e. The third kappa shape index (κ3) is 3.16. The van der Waals surface area contributed by atoms with Crippen LogP contribution >= 0.6 is 0 Å². The molecule has 0 amide bonds. The summed E-state index contributed by atoms with van der Waals surface area (Å²) < 4.78 is 28.8. The number of nitrogens with one attached hydrogen (secondary N) is 1. The third-order valence-corrected chi connectivity index (χ3v) is 4.99. The topological polar surface area (TPSA) is 90.0 Å². The van der Waals surface area contributed by atoms with Crippen molar-refractivity contribution in [2.45, 2.75) is 44.7 Å². The summed E-state index contributed by atoms with van der Waals surface area (Å²) in [5.41, 5.74) is 5.63. The van der Waals surface area contributed by atoms with Crippen molar-refractivity contribution in [3.63, 3.8) is 0 Å². The van der Waals surface area contributed by atoms with E-state index < -0.39 is 10.0 Å². The quantitative estimate of drug-likeness (QED) is 0.769. The molecule has 6 nitrogen and oxygen atoms in total. The molecule has 1 aromatic heterocycles. The Morgan fingerprint density at radius 1 is 1.53 bits per heavy atom. The lowest BCUT2D eigenvalue weighted by molar-refractivity contribution is 0.500. The molecule has 1 aromatic rings. The first-order valence-corrected chi connectivity index (χ1v) is 8.14. The minimum absolute atomic E-state index is 0.0197. The molecule has 0 unspecified atom stereocenters. The number of rotatable bonds is 7. The molecule has 1 fully saturated rings. The van der Waals surface area contributed by atoms with Crippen LogP contribution in [0.1, 0.15) is 32.0 Å². The number of nitrogens with two attached hydrogens (primary N) is 1. The third-order valence-electron chi connectivity index (χ3n) is 3.72. The van der Waals surface area contributed by atoms with Gasteiger partial charge in [0, 0.05) is 19.3 Å². The number of sulfonamides is 1. The van der Waals surface area contributed by atoms with Crippen LogP contribution in [0, 0.1) is 12.3 Å². The molecule has 1 heterocycles. The Bertz CT molecular complexity index is 546. The van der Waals surface area contributed by atoms with Crippen molar-refractivity contribution in [3.05, 3.63) is 12.0 Å². The van der Waals surface area contributed by atoms with Crippen molar-refractivity contribution < 1.29 is 8.42 Å². The molecule has 19 heavy (non-hydrogen) atoms. The molecule has 1 saturated carbocycles. The normalized spacial score (nSPS) is 17.6. The number of aromatic nitrogens is 2. The Kier molecular flexibility index (Phi) is 3.98. The van der Waals surface area contributed by atoms with Gasteiger partial charge in [0.25, 0.3) is 10.0 Å². The van der Waals surface area contributed by atoms with Crippen molar-refractivity contribution in [1.29, 1.82) is 0 Å². The molecule has 7 heteroatoms. The van der Waals surface area contributed by atoms with Crippen molar-refractivity contribution in [3.8, 4) is 0 Å². The molecule has 3 N–H and O–H groups in total. The van der Waals surface area contributed by atoms with Gasteiger partial charge < -0.3 is 10.3 Å². The minimum Gasteiger partial charge on any atom is -0.334 e. The highest BCUT2D eigenvalue weighted by Crippen LogP contribution is 2.43. The molecule has 2 rings (SSSR count). The predicted octanol–water partition coefficient (Wildman–Crippen LogP) is 0.619. The molecule has 0 radical (unpaired) electrons. The first-order valence-electron chi connectivity index (χ1n) is 6.66. The molecule has 1 aliphatic carbocycles. The largest absolute Gasteiger partial charge is 0.334 e. The van der Waals surface area contributed by atoms with E-state index in [0.29, 0.717) is 13.1 Å². The van der Waals surface area contributed by atoms with E-state index in [1.165, 1.54) is 0 Å². The molecular formula is C12H22N4O2S. The lowest BCUT2D eigenvalue weighted by atomic mass is 10.1. The molecule has 0 aliphatic heterocycles. The summed E-state index contributed by atoms with van der Waals surface area (Å²) in [6, 6.07) is 0. The van der Waals surface area contributed by atoms with Gasteiger partial charge in [-0.05, 0) is 38.1 Å². The van der Waals surface area contributed by atoms with Gasteiger partial charge in [-0.1, -0.05) is 6.92 Å². The zero-order chi connectivity index (χ0) is 14.1.